The van der Waals surface area contributed by atoms with Crippen LogP contribution in [0.5, 0.6) is 0 Å². The summed E-state index contributed by atoms with van der Waals surface area (Å²) in [4.78, 5) is 12.0. The van der Waals surface area contributed by atoms with Gasteiger partial charge in [0.2, 0.25) is 0 Å². The number of benzene rings is 1. The van der Waals surface area contributed by atoms with Crippen LogP contribution in [0, 0.1) is 0 Å². The summed E-state index contributed by atoms with van der Waals surface area (Å²) in [5, 5.41) is 0.689. The summed E-state index contributed by atoms with van der Waals surface area (Å²) >= 11 is 7.34. The van der Waals surface area contributed by atoms with E-state index in [1.165, 1.54) is 0 Å². The molecule has 0 spiro atoms. The van der Waals surface area contributed by atoms with Gasteiger partial charge in [-0.1, -0.05) is 11.6 Å². The number of hydrogen-bond acceptors (Lipinski definition) is 3. The molecule has 1 aliphatic rings. The lowest BCUT2D eigenvalue weighted by Crippen LogP contribution is -2.47. The SMILES string of the molecule is NC(=O)C1(F)CCN(Sc2ccc(Cl)cc2)CC1. The number of hydrogen-bond donors (Lipinski definition) is 1. The molecule has 98 valence electrons. The second-order valence-corrected chi connectivity index (χ2v) is 5.91. The minimum atomic E-state index is -1.84. The topological polar surface area (TPSA) is 46.3 Å². The van der Waals surface area contributed by atoms with Crippen LogP contribution in [0.3, 0.4) is 0 Å². The molecule has 1 saturated heterocycles. The Bertz CT molecular complexity index is 432. The van der Waals surface area contributed by atoms with Crippen LogP contribution in [-0.2, 0) is 4.79 Å². The zero-order chi connectivity index (χ0) is 13.2. The van der Waals surface area contributed by atoms with Crippen LogP contribution in [0.1, 0.15) is 12.8 Å². The lowest BCUT2D eigenvalue weighted by Gasteiger charge is -2.33. The Labute approximate surface area is 115 Å². The molecule has 0 aromatic heterocycles. The molecule has 0 unspecified atom stereocenters. The predicted octanol–water partition coefficient (Wildman–Crippen LogP) is 2.64. The van der Waals surface area contributed by atoms with E-state index >= 15 is 0 Å². The first-order chi connectivity index (χ1) is 8.49. The first kappa shape index (κ1) is 13.6. The van der Waals surface area contributed by atoms with Crippen molar-refractivity contribution >= 4 is 29.5 Å². The van der Waals surface area contributed by atoms with Gasteiger partial charge in [-0.2, -0.15) is 0 Å². The van der Waals surface area contributed by atoms with Gasteiger partial charge in [0, 0.05) is 35.8 Å². The van der Waals surface area contributed by atoms with Crippen LogP contribution < -0.4 is 5.73 Å². The largest absolute Gasteiger partial charge is 0.367 e. The van der Waals surface area contributed by atoms with Gasteiger partial charge in [0.25, 0.3) is 5.91 Å². The van der Waals surface area contributed by atoms with Gasteiger partial charge in [-0.3, -0.25) is 4.79 Å². The maximum Gasteiger partial charge on any atom is 0.255 e. The van der Waals surface area contributed by atoms with E-state index in [-0.39, 0.29) is 12.8 Å². The van der Waals surface area contributed by atoms with Gasteiger partial charge in [-0.05, 0) is 36.2 Å². The highest BCUT2D eigenvalue weighted by Crippen LogP contribution is 2.32. The number of piperidine rings is 1. The summed E-state index contributed by atoms with van der Waals surface area (Å²) in [6.07, 6.45) is 0.311. The van der Waals surface area contributed by atoms with Gasteiger partial charge in [0.05, 0.1) is 0 Å². The maximum atomic E-state index is 13.9. The molecule has 0 atom stereocenters. The van der Waals surface area contributed by atoms with E-state index in [1.54, 1.807) is 11.9 Å². The summed E-state index contributed by atoms with van der Waals surface area (Å²) < 4.78 is 16.0. The predicted molar refractivity (Wildman–Crippen MR) is 71.1 cm³/mol. The minimum absolute atomic E-state index is 0.156. The van der Waals surface area contributed by atoms with Crippen molar-refractivity contribution in [3.8, 4) is 0 Å². The molecular formula is C12H14ClFN2OS. The number of halogens is 2. The second kappa shape index (κ2) is 5.47. The molecule has 18 heavy (non-hydrogen) atoms. The molecule has 0 saturated carbocycles. The number of alkyl halides is 1. The Hall–Kier alpha value is -0.780. The fraction of sp³-hybridized carbons (Fsp3) is 0.417. The highest BCUT2D eigenvalue weighted by molar-refractivity contribution is 7.97. The summed E-state index contributed by atoms with van der Waals surface area (Å²) in [5.41, 5.74) is 3.23. The standard InChI is InChI=1S/C12H14ClFN2OS/c13-9-1-3-10(4-2-9)18-16-7-5-12(14,6-8-16)11(15)17/h1-4H,5-8H2,(H2,15,17). The summed E-state index contributed by atoms with van der Waals surface area (Å²) in [6.45, 7) is 1.01. The van der Waals surface area contributed by atoms with Gasteiger partial charge in [0.1, 0.15) is 0 Å². The summed E-state index contributed by atoms with van der Waals surface area (Å²) in [7, 11) is 0. The molecule has 1 fully saturated rings. The lowest BCUT2D eigenvalue weighted by molar-refractivity contribution is -0.131. The smallest absolute Gasteiger partial charge is 0.255 e. The molecule has 1 amide bonds. The molecule has 3 nitrogen and oxygen atoms in total. The number of amides is 1. The lowest BCUT2D eigenvalue weighted by atomic mass is 9.94. The van der Waals surface area contributed by atoms with Crippen LogP contribution in [0.2, 0.25) is 5.02 Å². The van der Waals surface area contributed by atoms with Crippen molar-refractivity contribution in [2.45, 2.75) is 23.4 Å². The van der Waals surface area contributed by atoms with Crippen molar-refractivity contribution in [1.82, 2.24) is 4.31 Å². The molecule has 6 heteroatoms. The molecular weight excluding hydrogens is 275 g/mol. The van der Waals surface area contributed by atoms with Gasteiger partial charge in [-0.25, -0.2) is 8.70 Å². The van der Waals surface area contributed by atoms with E-state index in [1.807, 2.05) is 28.6 Å². The second-order valence-electron chi connectivity index (χ2n) is 4.30. The van der Waals surface area contributed by atoms with Crippen molar-refractivity contribution in [1.29, 1.82) is 0 Å². The molecule has 2 N–H and O–H groups in total. The highest BCUT2D eigenvalue weighted by Gasteiger charge is 2.40. The van der Waals surface area contributed by atoms with Crippen LogP contribution in [0.15, 0.2) is 29.2 Å². The zero-order valence-electron chi connectivity index (χ0n) is 9.73. The third-order valence-corrected chi connectivity index (χ3v) is 4.36. The molecule has 1 aliphatic heterocycles. The molecule has 0 radical (unpaired) electrons. The van der Waals surface area contributed by atoms with Crippen molar-refractivity contribution in [3.63, 3.8) is 0 Å². The van der Waals surface area contributed by atoms with Crippen LogP contribution >= 0.6 is 23.5 Å². The highest BCUT2D eigenvalue weighted by atomic mass is 35.5. The van der Waals surface area contributed by atoms with E-state index in [4.69, 9.17) is 17.3 Å². The van der Waals surface area contributed by atoms with E-state index < -0.39 is 11.6 Å². The maximum absolute atomic E-state index is 13.9. The van der Waals surface area contributed by atoms with Gasteiger partial charge in [-0.15, -0.1) is 0 Å². The van der Waals surface area contributed by atoms with E-state index in [2.05, 4.69) is 0 Å². The fourth-order valence-electron chi connectivity index (χ4n) is 1.82. The molecule has 1 aromatic carbocycles. The fourth-order valence-corrected chi connectivity index (χ4v) is 2.87. The third-order valence-electron chi connectivity index (χ3n) is 3.00. The Kier molecular flexibility index (Phi) is 4.14. The average Bonchev–Trinajstić information content (AvgIpc) is 2.35. The van der Waals surface area contributed by atoms with Gasteiger partial charge < -0.3 is 5.73 Å². The normalized spacial score (nSPS) is 19.7. The van der Waals surface area contributed by atoms with E-state index in [0.717, 1.165) is 4.90 Å². The summed E-state index contributed by atoms with van der Waals surface area (Å²) in [5.74, 6) is -0.848. The van der Waals surface area contributed by atoms with E-state index in [0.29, 0.717) is 18.1 Å². The van der Waals surface area contributed by atoms with Gasteiger partial charge in [0.15, 0.2) is 5.67 Å². The number of carbonyl (C=O) groups is 1. The Morgan fingerprint density at radius 3 is 2.39 bits per heavy atom. The quantitative estimate of drug-likeness (QED) is 0.870. The van der Waals surface area contributed by atoms with Gasteiger partial charge >= 0.3 is 0 Å². The Balaban J connectivity index is 1.91. The average molecular weight is 289 g/mol. The molecule has 2 rings (SSSR count). The zero-order valence-corrected chi connectivity index (χ0v) is 11.3. The van der Waals surface area contributed by atoms with Crippen molar-refractivity contribution in [3.05, 3.63) is 29.3 Å². The van der Waals surface area contributed by atoms with Crippen molar-refractivity contribution in [2.75, 3.05) is 13.1 Å². The first-order valence-electron chi connectivity index (χ1n) is 5.67. The van der Waals surface area contributed by atoms with Crippen molar-refractivity contribution < 1.29 is 9.18 Å². The number of carbonyl (C=O) groups excluding carboxylic acids is 1. The van der Waals surface area contributed by atoms with Crippen LogP contribution in [0.4, 0.5) is 4.39 Å². The van der Waals surface area contributed by atoms with Crippen LogP contribution in [-0.4, -0.2) is 29.0 Å². The van der Waals surface area contributed by atoms with Crippen molar-refractivity contribution in [2.24, 2.45) is 5.73 Å². The Morgan fingerprint density at radius 1 is 1.33 bits per heavy atom. The number of primary amides is 1. The molecule has 1 aromatic rings. The Morgan fingerprint density at radius 2 is 1.89 bits per heavy atom. The number of nitrogens with two attached hydrogens (primary N) is 1. The summed E-state index contributed by atoms with van der Waals surface area (Å²) in [6, 6.07) is 7.46. The minimum Gasteiger partial charge on any atom is -0.367 e. The molecule has 0 bridgehead atoms. The first-order valence-corrected chi connectivity index (χ1v) is 6.82. The monoisotopic (exact) mass is 288 g/mol. The van der Waals surface area contributed by atoms with Crippen LogP contribution in [0.25, 0.3) is 0 Å². The third kappa shape index (κ3) is 3.16. The molecule has 0 aliphatic carbocycles. The number of rotatable bonds is 3. The number of nitrogens with zero attached hydrogens (tertiary/aromatic N) is 1. The van der Waals surface area contributed by atoms with E-state index in [9.17, 15) is 9.18 Å². The molecule has 1 heterocycles.